The summed E-state index contributed by atoms with van der Waals surface area (Å²) in [6.45, 7) is 2.07. The highest BCUT2D eigenvalue weighted by atomic mass is 16.5. The number of hydrogen-bond donors (Lipinski definition) is 3. The van der Waals surface area contributed by atoms with E-state index < -0.39 is 6.10 Å². The SMILES string of the molecule is OCC1(CNCC(O)COC2CCCC2)CCCC1. The molecule has 2 aliphatic carbocycles. The molecule has 0 spiro atoms. The van der Waals surface area contributed by atoms with Crippen LogP contribution in [-0.2, 0) is 4.74 Å². The third-order valence-electron chi connectivity index (χ3n) is 4.71. The molecule has 2 aliphatic rings. The second kappa shape index (κ2) is 7.58. The van der Waals surface area contributed by atoms with Crippen LogP contribution in [0.5, 0.6) is 0 Å². The first-order valence-corrected chi connectivity index (χ1v) is 7.85. The molecule has 0 aromatic heterocycles. The van der Waals surface area contributed by atoms with Gasteiger partial charge in [-0.1, -0.05) is 25.7 Å². The Bertz CT molecular complexity index is 248. The smallest absolute Gasteiger partial charge is 0.0897 e. The van der Waals surface area contributed by atoms with Gasteiger partial charge in [0, 0.05) is 25.1 Å². The van der Waals surface area contributed by atoms with Crippen molar-refractivity contribution in [2.75, 3.05) is 26.3 Å². The minimum absolute atomic E-state index is 0.0615. The van der Waals surface area contributed by atoms with Crippen molar-refractivity contribution in [2.45, 2.75) is 63.6 Å². The molecule has 2 saturated carbocycles. The Morgan fingerprint density at radius 3 is 2.47 bits per heavy atom. The molecule has 0 heterocycles. The van der Waals surface area contributed by atoms with Gasteiger partial charge in [0.2, 0.25) is 0 Å². The van der Waals surface area contributed by atoms with Gasteiger partial charge in [-0.25, -0.2) is 0 Å². The van der Waals surface area contributed by atoms with Crippen molar-refractivity contribution in [3.63, 3.8) is 0 Å². The molecule has 1 atom stereocenters. The standard InChI is InChI=1S/C15H29NO3/c17-12-15(7-3-4-8-15)11-16-9-13(18)10-19-14-5-1-2-6-14/h13-14,16-18H,1-12H2. The lowest BCUT2D eigenvalue weighted by Gasteiger charge is -2.27. The van der Waals surface area contributed by atoms with Crippen LogP contribution in [0.15, 0.2) is 0 Å². The van der Waals surface area contributed by atoms with Gasteiger partial charge in [-0.3, -0.25) is 0 Å². The highest BCUT2D eigenvalue weighted by Crippen LogP contribution is 2.36. The first-order valence-electron chi connectivity index (χ1n) is 7.85. The van der Waals surface area contributed by atoms with Crippen LogP contribution in [0, 0.1) is 5.41 Å². The van der Waals surface area contributed by atoms with Crippen molar-refractivity contribution in [2.24, 2.45) is 5.41 Å². The van der Waals surface area contributed by atoms with Crippen molar-refractivity contribution in [1.29, 1.82) is 0 Å². The maximum Gasteiger partial charge on any atom is 0.0897 e. The summed E-state index contributed by atoms with van der Waals surface area (Å²) < 4.78 is 5.70. The van der Waals surface area contributed by atoms with E-state index in [1.807, 2.05) is 0 Å². The average Bonchev–Trinajstić information content (AvgIpc) is 3.08. The Labute approximate surface area is 116 Å². The molecular formula is C15H29NO3. The van der Waals surface area contributed by atoms with Gasteiger partial charge in [0.25, 0.3) is 0 Å². The van der Waals surface area contributed by atoms with Crippen LogP contribution in [-0.4, -0.2) is 48.7 Å². The summed E-state index contributed by atoms with van der Waals surface area (Å²) in [5.41, 5.74) is 0.0615. The first kappa shape index (κ1) is 15.2. The Hall–Kier alpha value is -0.160. The van der Waals surface area contributed by atoms with Gasteiger partial charge in [-0.05, 0) is 25.7 Å². The highest BCUT2D eigenvalue weighted by Gasteiger charge is 2.32. The summed E-state index contributed by atoms with van der Waals surface area (Å²) in [4.78, 5) is 0. The molecule has 112 valence electrons. The van der Waals surface area contributed by atoms with Crippen LogP contribution in [0.3, 0.4) is 0 Å². The van der Waals surface area contributed by atoms with Gasteiger partial charge in [-0.2, -0.15) is 0 Å². The summed E-state index contributed by atoms with van der Waals surface area (Å²) in [5.74, 6) is 0. The lowest BCUT2D eigenvalue weighted by atomic mass is 9.87. The molecule has 3 N–H and O–H groups in total. The van der Waals surface area contributed by atoms with E-state index in [1.54, 1.807) is 0 Å². The lowest BCUT2D eigenvalue weighted by Crippen LogP contribution is -2.40. The van der Waals surface area contributed by atoms with E-state index in [0.29, 0.717) is 19.3 Å². The predicted molar refractivity (Wildman–Crippen MR) is 75.1 cm³/mol. The maximum atomic E-state index is 9.89. The minimum atomic E-state index is -0.433. The second-order valence-electron chi connectivity index (χ2n) is 6.39. The van der Waals surface area contributed by atoms with Crippen molar-refractivity contribution in [3.05, 3.63) is 0 Å². The van der Waals surface area contributed by atoms with Gasteiger partial charge >= 0.3 is 0 Å². The van der Waals surface area contributed by atoms with Crippen LogP contribution < -0.4 is 5.32 Å². The lowest BCUT2D eigenvalue weighted by molar-refractivity contribution is -0.00673. The topological polar surface area (TPSA) is 61.7 Å². The second-order valence-corrected chi connectivity index (χ2v) is 6.39. The molecule has 4 heteroatoms. The Balaban J connectivity index is 1.56. The van der Waals surface area contributed by atoms with E-state index in [0.717, 1.165) is 32.2 Å². The third-order valence-corrected chi connectivity index (χ3v) is 4.71. The Morgan fingerprint density at radius 2 is 1.84 bits per heavy atom. The number of rotatable bonds is 8. The average molecular weight is 271 g/mol. The molecular weight excluding hydrogens is 242 g/mol. The zero-order valence-corrected chi connectivity index (χ0v) is 11.9. The van der Waals surface area contributed by atoms with Gasteiger partial charge in [0.15, 0.2) is 0 Å². The van der Waals surface area contributed by atoms with E-state index in [-0.39, 0.29) is 12.0 Å². The molecule has 0 aromatic carbocycles. The van der Waals surface area contributed by atoms with Crippen LogP contribution in [0.25, 0.3) is 0 Å². The van der Waals surface area contributed by atoms with Gasteiger partial charge in [0.1, 0.15) is 0 Å². The van der Waals surface area contributed by atoms with Gasteiger partial charge in [-0.15, -0.1) is 0 Å². The maximum absolute atomic E-state index is 9.89. The third kappa shape index (κ3) is 4.71. The van der Waals surface area contributed by atoms with Crippen LogP contribution in [0.1, 0.15) is 51.4 Å². The predicted octanol–water partition coefficient (Wildman–Crippen LogP) is 1.45. The molecule has 0 bridgehead atoms. The molecule has 2 rings (SSSR count). The summed E-state index contributed by atoms with van der Waals surface area (Å²) in [7, 11) is 0. The normalized spacial score (nSPS) is 24.9. The number of nitrogens with one attached hydrogen (secondary N) is 1. The van der Waals surface area contributed by atoms with Crippen molar-refractivity contribution < 1.29 is 14.9 Å². The zero-order chi connectivity index (χ0) is 13.6. The minimum Gasteiger partial charge on any atom is -0.396 e. The summed E-state index contributed by atoms with van der Waals surface area (Å²) in [6.07, 6.45) is 9.39. The molecule has 0 saturated heterocycles. The van der Waals surface area contributed by atoms with Crippen LogP contribution in [0.4, 0.5) is 0 Å². The quantitative estimate of drug-likeness (QED) is 0.625. The molecule has 4 nitrogen and oxygen atoms in total. The zero-order valence-electron chi connectivity index (χ0n) is 11.9. The molecule has 1 unspecified atom stereocenters. The summed E-state index contributed by atoms with van der Waals surface area (Å²) in [5, 5.41) is 22.7. The van der Waals surface area contributed by atoms with E-state index in [4.69, 9.17) is 4.74 Å². The molecule has 0 aromatic rings. The monoisotopic (exact) mass is 271 g/mol. The van der Waals surface area contributed by atoms with Crippen molar-refractivity contribution in [3.8, 4) is 0 Å². The fourth-order valence-electron chi connectivity index (χ4n) is 3.38. The van der Waals surface area contributed by atoms with E-state index in [1.165, 1.54) is 25.7 Å². The fraction of sp³-hybridized carbons (Fsp3) is 1.00. The Kier molecular flexibility index (Phi) is 6.07. The van der Waals surface area contributed by atoms with Crippen molar-refractivity contribution in [1.82, 2.24) is 5.32 Å². The molecule has 0 amide bonds. The number of aliphatic hydroxyl groups excluding tert-OH is 2. The van der Waals surface area contributed by atoms with E-state index >= 15 is 0 Å². The largest absolute Gasteiger partial charge is 0.396 e. The molecule has 19 heavy (non-hydrogen) atoms. The number of aliphatic hydroxyl groups is 2. The fourth-order valence-corrected chi connectivity index (χ4v) is 3.38. The number of ether oxygens (including phenoxy) is 1. The van der Waals surface area contributed by atoms with Crippen LogP contribution in [0.2, 0.25) is 0 Å². The van der Waals surface area contributed by atoms with Gasteiger partial charge in [0.05, 0.1) is 18.8 Å². The van der Waals surface area contributed by atoms with E-state index in [9.17, 15) is 10.2 Å². The first-order chi connectivity index (χ1) is 9.24. The summed E-state index contributed by atoms with van der Waals surface area (Å²) in [6, 6.07) is 0. The summed E-state index contributed by atoms with van der Waals surface area (Å²) >= 11 is 0. The molecule has 0 radical (unpaired) electrons. The Morgan fingerprint density at radius 1 is 1.16 bits per heavy atom. The van der Waals surface area contributed by atoms with Crippen LogP contribution >= 0.6 is 0 Å². The molecule has 2 fully saturated rings. The highest BCUT2D eigenvalue weighted by molar-refractivity contribution is 4.86. The van der Waals surface area contributed by atoms with E-state index in [2.05, 4.69) is 5.32 Å². The van der Waals surface area contributed by atoms with Crippen molar-refractivity contribution >= 4 is 0 Å². The number of hydrogen-bond acceptors (Lipinski definition) is 4. The molecule has 0 aliphatic heterocycles. The van der Waals surface area contributed by atoms with Gasteiger partial charge < -0.3 is 20.3 Å².